The number of fused-ring (bicyclic) bond motifs is 1. The molecular formula is C15H11F4N3O2S2. The molecule has 2 aromatic heterocycles. The van der Waals surface area contributed by atoms with E-state index in [4.69, 9.17) is 12.2 Å². The van der Waals surface area contributed by atoms with Gasteiger partial charge in [-0.25, -0.2) is 4.39 Å². The number of aromatic amines is 1. The maximum atomic E-state index is 14.5. The molecule has 3 aromatic rings. The Hall–Kier alpha value is -2.27. The summed E-state index contributed by atoms with van der Waals surface area (Å²) in [5, 5.41) is 0. The Morgan fingerprint density at radius 2 is 1.85 bits per heavy atom. The minimum atomic E-state index is -4.79. The first-order valence-electron chi connectivity index (χ1n) is 7.29. The molecule has 1 aromatic carbocycles. The molecule has 0 amide bonds. The highest BCUT2D eigenvalue weighted by atomic mass is 32.1. The van der Waals surface area contributed by atoms with Crippen molar-refractivity contribution < 1.29 is 17.6 Å². The lowest BCUT2D eigenvalue weighted by molar-refractivity contribution is -0.141. The van der Waals surface area contributed by atoms with Gasteiger partial charge >= 0.3 is 11.0 Å². The molecule has 0 saturated heterocycles. The molecule has 0 unspecified atom stereocenters. The van der Waals surface area contributed by atoms with Crippen molar-refractivity contribution in [1.29, 1.82) is 0 Å². The van der Waals surface area contributed by atoms with Crippen LogP contribution in [-0.4, -0.2) is 14.1 Å². The van der Waals surface area contributed by atoms with Crippen LogP contribution < -0.4 is 10.4 Å². The van der Waals surface area contributed by atoms with E-state index in [1.54, 1.807) is 13.8 Å². The first kappa shape index (κ1) is 18.5. The lowest BCUT2D eigenvalue weighted by atomic mass is 10.2. The Labute approximate surface area is 152 Å². The summed E-state index contributed by atoms with van der Waals surface area (Å²) in [6, 6.07) is 2.38. The summed E-state index contributed by atoms with van der Waals surface area (Å²) in [4.78, 5) is 25.8. The van der Waals surface area contributed by atoms with Crippen LogP contribution in [-0.2, 0) is 6.18 Å². The lowest BCUT2D eigenvalue weighted by Crippen LogP contribution is -2.24. The van der Waals surface area contributed by atoms with Crippen LogP contribution in [0.15, 0.2) is 27.8 Å². The van der Waals surface area contributed by atoms with Crippen molar-refractivity contribution in [3.63, 3.8) is 0 Å². The topological polar surface area (TPSA) is 59.8 Å². The second kappa shape index (κ2) is 6.16. The number of hydrogen-bond acceptors (Lipinski definition) is 4. The van der Waals surface area contributed by atoms with Crippen molar-refractivity contribution in [1.82, 2.24) is 14.1 Å². The summed E-state index contributed by atoms with van der Waals surface area (Å²) in [5.41, 5.74) is -2.41. The van der Waals surface area contributed by atoms with E-state index in [0.29, 0.717) is 20.9 Å². The van der Waals surface area contributed by atoms with Gasteiger partial charge in [0.1, 0.15) is 11.5 Å². The molecule has 11 heteroatoms. The molecule has 0 spiro atoms. The summed E-state index contributed by atoms with van der Waals surface area (Å²) in [5.74, 6) is -0.879. The maximum absolute atomic E-state index is 14.5. The minimum absolute atomic E-state index is 0.228. The molecule has 0 aliphatic heterocycles. The normalized spacial score (nSPS) is 12.3. The SMILES string of the molecule is CC(C)n1c(=O)sc2cc(F)c(-n3c(=O)cc(C(F)(F)F)[nH]c3=S)cc21. The van der Waals surface area contributed by atoms with Crippen LogP contribution >= 0.6 is 23.6 Å². The molecule has 5 nitrogen and oxygen atoms in total. The zero-order chi connectivity index (χ0) is 19.4. The van der Waals surface area contributed by atoms with Crippen LogP contribution in [0.1, 0.15) is 25.6 Å². The molecule has 3 rings (SSSR count). The minimum Gasteiger partial charge on any atom is -0.328 e. The number of halogens is 4. The summed E-state index contributed by atoms with van der Waals surface area (Å²) < 4.78 is 54.6. The summed E-state index contributed by atoms with van der Waals surface area (Å²) >= 11 is 5.66. The standard InChI is InChI=1S/C15H11F4N3O2S2/c1-6(2)21-9-4-8(7(16)3-10(9)26-14(21)24)22-12(23)5-11(15(17,18)19)20-13(22)25/h3-6H,1-2H3,(H,20,25). The van der Waals surface area contributed by atoms with Gasteiger partial charge in [-0.15, -0.1) is 0 Å². The molecule has 138 valence electrons. The van der Waals surface area contributed by atoms with Gasteiger partial charge in [-0.1, -0.05) is 11.3 Å². The van der Waals surface area contributed by atoms with Crippen molar-refractivity contribution in [2.24, 2.45) is 0 Å². The van der Waals surface area contributed by atoms with Gasteiger partial charge in [0.15, 0.2) is 4.77 Å². The number of rotatable bonds is 2. The highest BCUT2D eigenvalue weighted by Gasteiger charge is 2.32. The average Bonchev–Trinajstić information content (AvgIpc) is 2.80. The van der Waals surface area contributed by atoms with Gasteiger partial charge in [0, 0.05) is 12.1 Å². The lowest BCUT2D eigenvalue weighted by Gasteiger charge is -2.12. The molecule has 0 bridgehead atoms. The van der Waals surface area contributed by atoms with E-state index in [1.165, 1.54) is 10.6 Å². The number of nitrogens with one attached hydrogen (secondary N) is 1. The number of alkyl halides is 3. The molecule has 0 fully saturated rings. The summed E-state index contributed by atoms with van der Waals surface area (Å²) in [7, 11) is 0. The molecule has 0 aliphatic carbocycles. The van der Waals surface area contributed by atoms with Gasteiger partial charge in [0.05, 0.1) is 15.9 Å². The molecule has 0 aliphatic rings. The van der Waals surface area contributed by atoms with Crippen molar-refractivity contribution in [2.75, 3.05) is 0 Å². The second-order valence-corrected chi connectivity index (χ2v) is 7.14. The number of thiazole rings is 1. The molecule has 1 N–H and O–H groups in total. The van der Waals surface area contributed by atoms with Gasteiger partial charge in [0.25, 0.3) is 5.56 Å². The first-order valence-corrected chi connectivity index (χ1v) is 8.51. The second-order valence-electron chi connectivity index (χ2n) is 5.76. The van der Waals surface area contributed by atoms with Crippen LogP contribution in [0.4, 0.5) is 17.6 Å². The Kier molecular flexibility index (Phi) is 4.39. The molecule has 2 heterocycles. The number of hydrogen-bond donors (Lipinski definition) is 1. The van der Waals surface area contributed by atoms with E-state index >= 15 is 0 Å². The van der Waals surface area contributed by atoms with Crippen LogP contribution in [0.2, 0.25) is 0 Å². The van der Waals surface area contributed by atoms with E-state index in [0.717, 1.165) is 17.4 Å². The number of nitrogens with zero attached hydrogens (tertiary/aromatic N) is 2. The summed E-state index contributed by atoms with van der Waals surface area (Å²) in [6.07, 6.45) is -4.79. The van der Waals surface area contributed by atoms with E-state index in [9.17, 15) is 27.2 Å². The monoisotopic (exact) mass is 405 g/mol. The van der Waals surface area contributed by atoms with Gasteiger partial charge in [-0.05, 0) is 38.2 Å². The number of H-pyrrole nitrogens is 1. The molecule has 26 heavy (non-hydrogen) atoms. The van der Waals surface area contributed by atoms with Crippen molar-refractivity contribution in [3.05, 3.63) is 54.5 Å². The van der Waals surface area contributed by atoms with Crippen molar-refractivity contribution in [3.8, 4) is 5.69 Å². The Morgan fingerprint density at radius 3 is 2.38 bits per heavy atom. The van der Waals surface area contributed by atoms with Crippen LogP contribution in [0.3, 0.4) is 0 Å². The third-order valence-corrected chi connectivity index (χ3v) is 4.88. The smallest absolute Gasteiger partial charge is 0.328 e. The number of benzene rings is 1. The zero-order valence-electron chi connectivity index (χ0n) is 13.3. The van der Waals surface area contributed by atoms with E-state index in [-0.39, 0.29) is 16.6 Å². The van der Waals surface area contributed by atoms with Gasteiger partial charge in [-0.3, -0.25) is 18.7 Å². The quantitative estimate of drug-likeness (QED) is 0.518. The largest absolute Gasteiger partial charge is 0.431 e. The highest BCUT2D eigenvalue weighted by Crippen LogP contribution is 2.28. The predicted octanol–water partition coefficient (Wildman–Crippen LogP) is 4.01. The average molecular weight is 405 g/mol. The third kappa shape index (κ3) is 3.01. The maximum Gasteiger partial charge on any atom is 0.431 e. The molecule has 0 radical (unpaired) electrons. The molecule has 0 saturated carbocycles. The van der Waals surface area contributed by atoms with Crippen molar-refractivity contribution in [2.45, 2.75) is 26.1 Å². The van der Waals surface area contributed by atoms with Gasteiger partial charge in [0.2, 0.25) is 0 Å². The fraction of sp³-hybridized carbons (Fsp3) is 0.267. The first-order chi connectivity index (χ1) is 12.0. The van der Waals surface area contributed by atoms with Crippen LogP contribution in [0, 0.1) is 10.6 Å². The third-order valence-electron chi connectivity index (χ3n) is 3.68. The predicted molar refractivity (Wildman–Crippen MR) is 92.2 cm³/mol. The highest BCUT2D eigenvalue weighted by molar-refractivity contribution is 7.71. The van der Waals surface area contributed by atoms with E-state index in [1.807, 2.05) is 4.98 Å². The zero-order valence-corrected chi connectivity index (χ0v) is 15.0. The van der Waals surface area contributed by atoms with E-state index < -0.39 is 28.0 Å². The molecular weight excluding hydrogens is 394 g/mol. The Bertz CT molecular complexity index is 1150. The van der Waals surface area contributed by atoms with Gasteiger partial charge < -0.3 is 4.98 Å². The Morgan fingerprint density at radius 1 is 1.19 bits per heavy atom. The fourth-order valence-electron chi connectivity index (χ4n) is 2.58. The van der Waals surface area contributed by atoms with Crippen molar-refractivity contribution >= 4 is 33.8 Å². The summed E-state index contributed by atoms with van der Waals surface area (Å²) in [6.45, 7) is 3.51. The van der Waals surface area contributed by atoms with Gasteiger partial charge in [-0.2, -0.15) is 13.2 Å². The fourth-order valence-corrected chi connectivity index (χ4v) is 3.90. The molecule has 0 atom stereocenters. The Balaban J connectivity index is 2.35. The van der Waals surface area contributed by atoms with Crippen LogP contribution in [0.5, 0.6) is 0 Å². The van der Waals surface area contributed by atoms with E-state index in [2.05, 4.69) is 0 Å². The van der Waals surface area contributed by atoms with Crippen LogP contribution in [0.25, 0.3) is 15.9 Å². The number of aromatic nitrogens is 3.